The Morgan fingerprint density at radius 1 is 1.53 bits per heavy atom. The molecule has 1 saturated carbocycles. The zero-order valence-electron chi connectivity index (χ0n) is 9.90. The van der Waals surface area contributed by atoms with Gasteiger partial charge in [0.15, 0.2) is 0 Å². The van der Waals surface area contributed by atoms with Crippen LogP contribution >= 0.6 is 0 Å². The van der Waals surface area contributed by atoms with Gasteiger partial charge < -0.3 is 10.6 Å². The van der Waals surface area contributed by atoms with Crippen molar-refractivity contribution in [1.29, 1.82) is 0 Å². The Hall–Kier alpha value is -1.42. The van der Waals surface area contributed by atoms with Crippen LogP contribution in [0.15, 0.2) is 24.3 Å². The first kappa shape index (κ1) is 12.0. The molecule has 0 unspecified atom stereocenters. The van der Waals surface area contributed by atoms with Gasteiger partial charge in [0.2, 0.25) is 5.91 Å². The highest BCUT2D eigenvalue weighted by atomic mass is 19.1. The Morgan fingerprint density at radius 3 is 2.71 bits per heavy atom. The summed E-state index contributed by atoms with van der Waals surface area (Å²) in [5, 5.41) is 0. The molecule has 17 heavy (non-hydrogen) atoms. The van der Waals surface area contributed by atoms with Crippen molar-refractivity contribution in [3.8, 4) is 0 Å². The van der Waals surface area contributed by atoms with Crippen LogP contribution in [0.1, 0.15) is 25.3 Å². The van der Waals surface area contributed by atoms with Gasteiger partial charge in [-0.2, -0.15) is 0 Å². The van der Waals surface area contributed by atoms with E-state index in [1.807, 2.05) is 0 Å². The summed E-state index contributed by atoms with van der Waals surface area (Å²) in [5.74, 6) is -0.369. The predicted octanol–water partition coefficient (Wildman–Crippen LogP) is 1.66. The van der Waals surface area contributed by atoms with Crippen LogP contribution in [-0.4, -0.2) is 22.9 Å². The second-order valence-electron chi connectivity index (χ2n) is 4.58. The van der Waals surface area contributed by atoms with E-state index in [4.69, 9.17) is 5.73 Å². The van der Waals surface area contributed by atoms with Gasteiger partial charge in [0.25, 0.3) is 0 Å². The van der Waals surface area contributed by atoms with Crippen LogP contribution in [0.5, 0.6) is 0 Å². The predicted molar refractivity (Wildman–Crippen MR) is 63.6 cm³/mol. The molecule has 0 heterocycles. The number of carbonyl (C=O) groups is 1. The molecule has 3 nitrogen and oxygen atoms in total. The first-order chi connectivity index (χ1) is 8.09. The first-order valence-corrected chi connectivity index (χ1v) is 5.89. The molecule has 1 aromatic carbocycles. The van der Waals surface area contributed by atoms with Crippen LogP contribution in [0.3, 0.4) is 0 Å². The van der Waals surface area contributed by atoms with Gasteiger partial charge >= 0.3 is 0 Å². The van der Waals surface area contributed by atoms with Crippen LogP contribution in [-0.2, 0) is 11.3 Å². The average Bonchev–Trinajstić information content (AvgIpc) is 3.11. The number of nitrogens with two attached hydrogens (primary N) is 1. The smallest absolute Gasteiger partial charge is 0.239 e. The molecule has 1 atom stereocenters. The highest BCUT2D eigenvalue weighted by molar-refractivity contribution is 5.81. The van der Waals surface area contributed by atoms with Crippen LogP contribution < -0.4 is 5.73 Å². The molecule has 1 fully saturated rings. The van der Waals surface area contributed by atoms with E-state index in [9.17, 15) is 9.18 Å². The molecule has 0 aliphatic heterocycles. The highest BCUT2D eigenvalue weighted by Gasteiger charge is 2.33. The lowest BCUT2D eigenvalue weighted by molar-refractivity contribution is -0.133. The fourth-order valence-electron chi connectivity index (χ4n) is 1.84. The lowest BCUT2D eigenvalue weighted by atomic mass is 10.2. The summed E-state index contributed by atoms with van der Waals surface area (Å²) in [6.45, 7) is 1.98. The summed E-state index contributed by atoms with van der Waals surface area (Å²) in [6.07, 6.45) is 1.99. The molecule has 1 aliphatic rings. The van der Waals surface area contributed by atoms with Crippen molar-refractivity contribution < 1.29 is 9.18 Å². The van der Waals surface area contributed by atoms with Crippen LogP contribution in [0.4, 0.5) is 4.39 Å². The maximum absolute atomic E-state index is 13.5. The lowest BCUT2D eigenvalue weighted by Crippen LogP contribution is -2.43. The molecule has 0 spiro atoms. The number of amides is 1. The molecular weight excluding hydrogens is 219 g/mol. The second kappa shape index (κ2) is 4.84. The third-order valence-electron chi connectivity index (χ3n) is 2.96. The molecule has 1 amide bonds. The van der Waals surface area contributed by atoms with Crippen LogP contribution in [0.25, 0.3) is 0 Å². The van der Waals surface area contributed by atoms with Crippen molar-refractivity contribution in [2.45, 2.75) is 38.4 Å². The standard InChI is InChI=1S/C13H17FN2O/c1-9(15)13(17)16(11-6-7-11)8-10-4-2-3-5-12(10)14/h2-5,9,11H,6-8,15H2,1H3/t9-/m0/s1. The summed E-state index contributed by atoms with van der Waals surface area (Å²) in [7, 11) is 0. The maximum Gasteiger partial charge on any atom is 0.239 e. The molecule has 0 bridgehead atoms. The third kappa shape index (κ3) is 2.82. The molecular formula is C13H17FN2O. The van der Waals surface area contributed by atoms with E-state index in [-0.39, 0.29) is 17.8 Å². The summed E-state index contributed by atoms with van der Waals surface area (Å²) >= 11 is 0. The minimum Gasteiger partial charge on any atom is -0.334 e. The van der Waals surface area contributed by atoms with Gasteiger partial charge in [0.05, 0.1) is 6.04 Å². The second-order valence-corrected chi connectivity index (χ2v) is 4.58. The molecule has 1 aromatic rings. The molecule has 2 N–H and O–H groups in total. The molecule has 92 valence electrons. The van der Waals surface area contributed by atoms with Gasteiger partial charge in [0.1, 0.15) is 5.82 Å². The Morgan fingerprint density at radius 2 is 2.18 bits per heavy atom. The number of hydrogen-bond donors (Lipinski definition) is 1. The summed E-state index contributed by atoms with van der Waals surface area (Å²) in [4.78, 5) is 13.6. The Bertz CT molecular complexity index is 416. The van der Waals surface area contributed by atoms with E-state index < -0.39 is 6.04 Å². The zero-order valence-corrected chi connectivity index (χ0v) is 9.90. The van der Waals surface area contributed by atoms with Crippen LogP contribution in [0.2, 0.25) is 0 Å². The molecule has 2 rings (SSSR count). The zero-order chi connectivity index (χ0) is 12.4. The Labute approximate surface area is 100 Å². The fourth-order valence-corrected chi connectivity index (χ4v) is 1.84. The number of nitrogens with zero attached hydrogens (tertiary/aromatic N) is 1. The molecule has 4 heteroatoms. The number of halogens is 1. The Kier molecular flexibility index (Phi) is 3.43. The number of hydrogen-bond acceptors (Lipinski definition) is 2. The summed E-state index contributed by atoms with van der Waals surface area (Å²) in [6, 6.07) is 6.26. The van der Waals surface area contributed by atoms with Crippen molar-refractivity contribution >= 4 is 5.91 Å². The molecule has 1 aliphatic carbocycles. The fraction of sp³-hybridized carbons (Fsp3) is 0.462. The average molecular weight is 236 g/mol. The van der Waals surface area contributed by atoms with E-state index in [1.54, 1.807) is 30.0 Å². The van der Waals surface area contributed by atoms with Crippen molar-refractivity contribution in [3.63, 3.8) is 0 Å². The van der Waals surface area contributed by atoms with Crippen molar-refractivity contribution in [1.82, 2.24) is 4.90 Å². The molecule has 0 radical (unpaired) electrons. The van der Waals surface area contributed by atoms with Gasteiger partial charge in [-0.3, -0.25) is 4.79 Å². The summed E-state index contributed by atoms with van der Waals surface area (Å²) < 4.78 is 13.5. The highest BCUT2D eigenvalue weighted by Crippen LogP contribution is 2.29. The van der Waals surface area contributed by atoms with Crippen molar-refractivity contribution in [3.05, 3.63) is 35.6 Å². The molecule has 0 aromatic heterocycles. The monoisotopic (exact) mass is 236 g/mol. The quantitative estimate of drug-likeness (QED) is 0.864. The first-order valence-electron chi connectivity index (χ1n) is 5.89. The molecule has 0 saturated heterocycles. The van der Waals surface area contributed by atoms with E-state index in [1.165, 1.54) is 6.07 Å². The van der Waals surface area contributed by atoms with Crippen molar-refractivity contribution in [2.75, 3.05) is 0 Å². The minimum absolute atomic E-state index is 0.101. The largest absolute Gasteiger partial charge is 0.334 e. The SMILES string of the molecule is C[C@H](N)C(=O)N(Cc1ccccc1F)C1CC1. The minimum atomic E-state index is -0.526. The van der Waals surface area contributed by atoms with Gasteiger partial charge in [0, 0.05) is 18.2 Å². The van der Waals surface area contributed by atoms with Gasteiger partial charge in [-0.1, -0.05) is 18.2 Å². The number of rotatable bonds is 4. The van der Waals surface area contributed by atoms with E-state index >= 15 is 0 Å². The topological polar surface area (TPSA) is 46.3 Å². The normalized spacial score (nSPS) is 16.6. The Balaban J connectivity index is 2.13. The van der Waals surface area contributed by atoms with Crippen LogP contribution in [0, 0.1) is 5.82 Å². The van der Waals surface area contributed by atoms with Gasteiger partial charge in [-0.25, -0.2) is 4.39 Å². The third-order valence-corrected chi connectivity index (χ3v) is 2.96. The van der Waals surface area contributed by atoms with Gasteiger partial charge in [-0.05, 0) is 25.8 Å². The lowest BCUT2D eigenvalue weighted by Gasteiger charge is -2.24. The van der Waals surface area contributed by atoms with E-state index in [0.29, 0.717) is 12.1 Å². The van der Waals surface area contributed by atoms with Crippen molar-refractivity contribution in [2.24, 2.45) is 5.73 Å². The summed E-state index contributed by atoms with van der Waals surface area (Å²) in [5.41, 5.74) is 6.16. The number of benzene rings is 1. The maximum atomic E-state index is 13.5. The van der Waals surface area contributed by atoms with E-state index in [2.05, 4.69) is 0 Å². The number of carbonyl (C=O) groups excluding carboxylic acids is 1. The van der Waals surface area contributed by atoms with Gasteiger partial charge in [-0.15, -0.1) is 0 Å². The van der Waals surface area contributed by atoms with E-state index in [0.717, 1.165) is 12.8 Å².